The van der Waals surface area contributed by atoms with Gasteiger partial charge in [0.05, 0.1) is 21.8 Å². The number of rotatable bonds is 3. The van der Waals surface area contributed by atoms with Gasteiger partial charge in [-0.15, -0.1) is 0 Å². The zero-order valence-corrected chi connectivity index (χ0v) is 12.7. The van der Waals surface area contributed by atoms with E-state index in [0.29, 0.717) is 4.47 Å². The van der Waals surface area contributed by atoms with Crippen LogP contribution in [-0.4, -0.2) is 17.0 Å². The molecule has 0 fully saturated rings. The van der Waals surface area contributed by atoms with Gasteiger partial charge in [0.25, 0.3) is 5.91 Å². The fourth-order valence-electron chi connectivity index (χ4n) is 1.68. The quantitative estimate of drug-likeness (QED) is 0.849. The Balaban J connectivity index is 2.38. The molecule has 0 aliphatic heterocycles. The molecule has 21 heavy (non-hydrogen) atoms. The van der Waals surface area contributed by atoms with E-state index in [-0.39, 0.29) is 21.8 Å². The van der Waals surface area contributed by atoms with E-state index in [0.717, 1.165) is 6.07 Å². The lowest BCUT2D eigenvalue weighted by Crippen LogP contribution is -2.15. The Kier molecular flexibility index (Phi) is 4.59. The van der Waals surface area contributed by atoms with Crippen LogP contribution >= 0.6 is 27.5 Å². The molecule has 0 saturated carbocycles. The highest BCUT2D eigenvalue weighted by molar-refractivity contribution is 9.10. The maximum Gasteiger partial charge on any atom is 0.337 e. The van der Waals surface area contributed by atoms with Gasteiger partial charge in [-0.25, -0.2) is 9.18 Å². The molecule has 0 bridgehead atoms. The van der Waals surface area contributed by atoms with E-state index in [1.807, 2.05) is 0 Å². The number of aromatic carboxylic acids is 1. The molecule has 0 radical (unpaired) electrons. The highest BCUT2D eigenvalue weighted by Gasteiger charge is 2.17. The topological polar surface area (TPSA) is 66.4 Å². The summed E-state index contributed by atoms with van der Waals surface area (Å²) in [5.74, 6) is -2.61. The van der Waals surface area contributed by atoms with Gasteiger partial charge in [-0.2, -0.15) is 0 Å². The van der Waals surface area contributed by atoms with Crippen molar-refractivity contribution in [3.05, 3.63) is 62.8 Å². The second kappa shape index (κ2) is 6.24. The van der Waals surface area contributed by atoms with E-state index in [2.05, 4.69) is 21.2 Å². The number of carboxylic acid groups (broad SMARTS) is 1. The molecule has 108 valence electrons. The molecule has 0 unspecified atom stereocenters. The SMILES string of the molecule is O=C(O)c1ccc(Br)cc1NC(=O)c1cccc(F)c1Cl. The van der Waals surface area contributed by atoms with E-state index >= 15 is 0 Å². The fraction of sp³-hybridized carbons (Fsp3) is 0. The highest BCUT2D eigenvalue weighted by atomic mass is 79.9. The first kappa shape index (κ1) is 15.5. The predicted octanol–water partition coefficient (Wildman–Crippen LogP) is 4.19. The molecule has 0 spiro atoms. The number of hydrogen-bond acceptors (Lipinski definition) is 2. The third-order valence-corrected chi connectivity index (χ3v) is 3.53. The monoisotopic (exact) mass is 371 g/mol. The Labute approximate surface area is 132 Å². The predicted molar refractivity (Wildman–Crippen MR) is 80.5 cm³/mol. The average Bonchev–Trinajstić information content (AvgIpc) is 2.41. The largest absolute Gasteiger partial charge is 0.478 e. The molecular formula is C14H8BrClFNO3. The Morgan fingerprint density at radius 3 is 2.57 bits per heavy atom. The van der Waals surface area contributed by atoms with Gasteiger partial charge in [0.2, 0.25) is 0 Å². The summed E-state index contributed by atoms with van der Waals surface area (Å²) >= 11 is 8.91. The van der Waals surface area contributed by atoms with Crippen molar-refractivity contribution in [3.8, 4) is 0 Å². The summed E-state index contributed by atoms with van der Waals surface area (Å²) in [7, 11) is 0. The van der Waals surface area contributed by atoms with E-state index in [4.69, 9.17) is 16.7 Å². The van der Waals surface area contributed by atoms with Crippen molar-refractivity contribution in [2.24, 2.45) is 0 Å². The molecule has 2 aromatic carbocycles. The van der Waals surface area contributed by atoms with Crippen LogP contribution in [0.4, 0.5) is 10.1 Å². The summed E-state index contributed by atoms with van der Waals surface area (Å²) < 4.78 is 13.9. The third kappa shape index (κ3) is 3.40. The van der Waals surface area contributed by atoms with Crippen LogP contribution in [0.5, 0.6) is 0 Å². The number of halogens is 3. The molecule has 1 amide bonds. The van der Waals surface area contributed by atoms with Crippen LogP contribution in [0, 0.1) is 5.82 Å². The van der Waals surface area contributed by atoms with Crippen LogP contribution in [0.25, 0.3) is 0 Å². The zero-order valence-electron chi connectivity index (χ0n) is 10.4. The first-order chi connectivity index (χ1) is 9.90. The van der Waals surface area contributed by atoms with Crippen LogP contribution in [-0.2, 0) is 0 Å². The van der Waals surface area contributed by atoms with Crippen molar-refractivity contribution in [1.82, 2.24) is 0 Å². The zero-order chi connectivity index (χ0) is 15.6. The molecule has 7 heteroatoms. The molecule has 0 aliphatic carbocycles. The Morgan fingerprint density at radius 2 is 1.90 bits per heavy atom. The fourth-order valence-corrected chi connectivity index (χ4v) is 2.25. The van der Waals surface area contributed by atoms with Crippen molar-refractivity contribution in [3.63, 3.8) is 0 Å². The van der Waals surface area contributed by atoms with Gasteiger partial charge in [-0.05, 0) is 30.3 Å². The summed E-state index contributed by atoms with van der Waals surface area (Å²) in [5, 5.41) is 11.2. The van der Waals surface area contributed by atoms with Gasteiger partial charge >= 0.3 is 5.97 Å². The normalized spacial score (nSPS) is 10.2. The molecule has 0 aromatic heterocycles. The Morgan fingerprint density at radius 1 is 1.19 bits per heavy atom. The smallest absolute Gasteiger partial charge is 0.337 e. The molecule has 0 saturated heterocycles. The molecule has 0 atom stereocenters. The van der Waals surface area contributed by atoms with Crippen LogP contribution < -0.4 is 5.32 Å². The van der Waals surface area contributed by atoms with Crippen molar-refractivity contribution < 1.29 is 19.1 Å². The minimum absolute atomic E-state index is 0.0759. The number of carbonyl (C=O) groups is 2. The van der Waals surface area contributed by atoms with Gasteiger partial charge in [-0.1, -0.05) is 33.6 Å². The van der Waals surface area contributed by atoms with Gasteiger partial charge in [0.15, 0.2) is 0 Å². The molecule has 2 rings (SSSR count). The standard InChI is InChI=1S/C14H8BrClFNO3/c15-7-4-5-8(14(20)21)11(6-7)18-13(19)9-2-1-3-10(17)12(9)16/h1-6H,(H,18,19)(H,20,21). The Bertz CT molecular complexity index is 736. The summed E-state index contributed by atoms with van der Waals surface area (Å²) in [5.41, 5.74) is -0.0748. The summed E-state index contributed by atoms with van der Waals surface area (Å²) in [6.45, 7) is 0. The highest BCUT2D eigenvalue weighted by Crippen LogP contribution is 2.24. The van der Waals surface area contributed by atoms with E-state index in [1.54, 1.807) is 0 Å². The molecule has 2 N–H and O–H groups in total. The first-order valence-electron chi connectivity index (χ1n) is 5.68. The van der Waals surface area contributed by atoms with Gasteiger partial charge < -0.3 is 10.4 Å². The maximum atomic E-state index is 13.3. The number of benzene rings is 2. The van der Waals surface area contributed by atoms with E-state index in [1.165, 1.54) is 30.3 Å². The third-order valence-electron chi connectivity index (χ3n) is 2.66. The number of hydrogen-bond donors (Lipinski definition) is 2. The Hall–Kier alpha value is -1.92. The number of carboxylic acids is 1. The maximum absolute atomic E-state index is 13.3. The van der Waals surface area contributed by atoms with Crippen LogP contribution in [0.3, 0.4) is 0 Å². The van der Waals surface area contributed by atoms with Gasteiger partial charge in [0.1, 0.15) is 5.82 Å². The minimum Gasteiger partial charge on any atom is -0.478 e. The molecule has 2 aromatic rings. The number of carbonyl (C=O) groups excluding carboxylic acids is 1. The molecule has 0 heterocycles. The second-order valence-electron chi connectivity index (χ2n) is 4.05. The number of anilines is 1. The number of amides is 1. The summed E-state index contributed by atoms with van der Waals surface area (Å²) in [4.78, 5) is 23.2. The van der Waals surface area contributed by atoms with Crippen LogP contribution in [0.2, 0.25) is 5.02 Å². The summed E-state index contributed by atoms with van der Waals surface area (Å²) in [6, 6.07) is 8.13. The second-order valence-corrected chi connectivity index (χ2v) is 5.34. The average molecular weight is 373 g/mol. The molecule has 4 nitrogen and oxygen atoms in total. The van der Waals surface area contributed by atoms with E-state index < -0.39 is 17.7 Å². The molecule has 0 aliphatic rings. The minimum atomic E-state index is -1.19. The summed E-state index contributed by atoms with van der Waals surface area (Å²) in [6.07, 6.45) is 0. The lowest BCUT2D eigenvalue weighted by Gasteiger charge is -2.10. The van der Waals surface area contributed by atoms with Crippen molar-refractivity contribution >= 4 is 45.1 Å². The van der Waals surface area contributed by atoms with Gasteiger partial charge in [-0.3, -0.25) is 4.79 Å². The van der Waals surface area contributed by atoms with Crippen molar-refractivity contribution in [2.45, 2.75) is 0 Å². The van der Waals surface area contributed by atoms with Crippen LogP contribution in [0.15, 0.2) is 40.9 Å². The van der Waals surface area contributed by atoms with Crippen molar-refractivity contribution in [1.29, 1.82) is 0 Å². The van der Waals surface area contributed by atoms with Crippen LogP contribution in [0.1, 0.15) is 20.7 Å². The first-order valence-corrected chi connectivity index (χ1v) is 6.85. The van der Waals surface area contributed by atoms with Crippen molar-refractivity contribution in [2.75, 3.05) is 5.32 Å². The lowest BCUT2D eigenvalue weighted by atomic mass is 10.1. The molecular weight excluding hydrogens is 365 g/mol. The van der Waals surface area contributed by atoms with E-state index in [9.17, 15) is 14.0 Å². The number of nitrogens with one attached hydrogen (secondary N) is 1. The van der Waals surface area contributed by atoms with Gasteiger partial charge in [0, 0.05) is 4.47 Å². The lowest BCUT2D eigenvalue weighted by molar-refractivity contribution is 0.0698.